The molecule has 1 atom stereocenters. The lowest BCUT2D eigenvalue weighted by Crippen LogP contribution is -2.25. The van der Waals surface area contributed by atoms with Gasteiger partial charge < -0.3 is 4.98 Å². The van der Waals surface area contributed by atoms with E-state index in [9.17, 15) is 16.8 Å². The summed E-state index contributed by atoms with van der Waals surface area (Å²) in [5, 5.41) is -1.03. The summed E-state index contributed by atoms with van der Waals surface area (Å²) in [4.78, 5) is 6.90. The van der Waals surface area contributed by atoms with Crippen LogP contribution < -0.4 is 9.52 Å². The Morgan fingerprint density at radius 2 is 2.00 bits per heavy atom. The molecule has 0 aromatic carbocycles. The lowest BCUT2D eigenvalue weighted by Gasteiger charge is -2.13. The third-order valence-electron chi connectivity index (χ3n) is 3.67. The second kappa shape index (κ2) is 9.24. The summed E-state index contributed by atoms with van der Waals surface area (Å²) in [5.74, 6) is 0.560. The lowest BCUT2D eigenvalue weighted by atomic mass is 10.1. The Labute approximate surface area is 172 Å². The number of hydrogen-bond donors (Lipinski definition) is 2. The fourth-order valence-corrected chi connectivity index (χ4v) is 5.15. The normalized spacial score (nSPS) is 15.2. The molecular formula is C14H22N6O4S4. The predicted molar refractivity (Wildman–Crippen MR) is 110 cm³/mol. The zero-order valence-electron chi connectivity index (χ0n) is 15.8. The predicted octanol–water partition coefficient (Wildman–Crippen LogP) is 1.67. The zero-order chi connectivity index (χ0) is 20.9. The fraction of sp³-hybridized carbons (Fsp3) is 0.571. The van der Waals surface area contributed by atoms with Crippen LogP contribution in [0.1, 0.15) is 39.9 Å². The monoisotopic (exact) mass is 466 g/mol. The summed E-state index contributed by atoms with van der Waals surface area (Å²) in [5.41, 5.74) is 0.866. The molecule has 2 aromatic heterocycles. The van der Waals surface area contributed by atoms with E-state index >= 15 is 0 Å². The number of hydrogen-bond acceptors (Lipinski definition) is 9. The van der Waals surface area contributed by atoms with Crippen molar-refractivity contribution in [3.8, 4) is 0 Å². The summed E-state index contributed by atoms with van der Waals surface area (Å²) in [7, 11) is -7.13. The van der Waals surface area contributed by atoms with Crippen molar-refractivity contribution in [3.05, 3.63) is 28.6 Å². The molecular weight excluding hydrogens is 444 g/mol. The molecule has 0 amide bonds. The van der Waals surface area contributed by atoms with Crippen molar-refractivity contribution in [1.82, 2.24) is 18.7 Å². The summed E-state index contributed by atoms with van der Waals surface area (Å²) in [6.07, 6.45) is 3.88. The van der Waals surface area contributed by atoms with Crippen LogP contribution in [-0.4, -0.2) is 46.1 Å². The van der Waals surface area contributed by atoms with Gasteiger partial charge in [0.25, 0.3) is 10.0 Å². The number of allylic oxidation sites excluding steroid dienone is 2. The third-order valence-corrected chi connectivity index (χ3v) is 8.51. The average Bonchev–Trinajstić information content (AvgIpc) is 3.24. The number of anilines is 1. The van der Waals surface area contributed by atoms with Crippen molar-refractivity contribution in [1.29, 1.82) is 0 Å². The van der Waals surface area contributed by atoms with Crippen LogP contribution in [0.2, 0.25) is 0 Å². The molecule has 0 bridgehead atoms. The van der Waals surface area contributed by atoms with Crippen LogP contribution in [0.4, 0.5) is 5.13 Å². The maximum Gasteiger partial charge on any atom is 0.258 e. The van der Waals surface area contributed by atoms with Gasteiger partial charge in [-0.1, -0.05) is 11.6 Å². The van der Waals surface area contributed by atoms with Crippen LogP contribution in [-0.2, 0) is 26.5 Å². The SMILES string of the molecule is C/C(=C\Cc1ns/c(=N\S(=O)(=O)C(C)C)[nH]1)CC(C)S(=O)(=O)Nc1ncns1. The van der Waals surface area contributed by atoms with E-state index in [0.717, 1.165) is 28.6 Å². The second-order valence-electron chi connectivity index (χ2n) is 6.38. The van der Waals surface area contributed by atoms with E-state index in [2.05, 4.69) is 27.8 Å². The van der Waals surface area contributed by atoms with Crippen molar-refractivity contribution < 1.29 is 16.8 Å². The minimum absolute atomic E-state index is 0.215. The maximum atomic E-state index is 12.3. The van der Waals surface area contributed by atoms with Crippen molar-refractivity contribution >= 4 is 48.2 Å². The molecule has 0 fully saturated rings. The minimum Gasteiger partial charge on any atom is -0.317 e. The molecule has 10 nitrogen and oxygen atoms in total. The number of H-pyrrole nitrogens is 1. The zero-order valence-corrected chi connectivity index (χ0v) is 19.0. The Kier molecular flexibility index (Phi) is 7.47. The van der Waals surface area contributed by atoms with Gasteiger partial charge in [-0.15, -0.1) is 4.40 Å². The quantitative estimate of drug-likeness (QED) is 0.534. The smallest absolute Gasteiger partial charge is 0.258 e. The number of aromatic nitrogens is 4. The molecule has 0 aliphatic rings. The van der Waals surface area contributed by atoms with E-state index in [0.29, 0.717) is 18.7 Å². The molecule has 2 N–H and O–H groups in total. The van der Waals surface area contributed by atoms with Gasteiger partial charge in [0.2, 0.25) is 20.0 Å². The molecule has 0 saturated heterocycles. The highest BCUT2D eigenvalue weighted by Crippen LogP contribution is 2.17. The molecule has 2 heterocycles. The molecule has 1 unspecified atom stereocenters. The number of sulfonamides is 2. The Morgan fingerprint density at radius 1 is 1.29 bits per heavy atom. The first-order chi connectivity index (χ1) is 13.0. The van der Waals surface area contributed by atoms with Gasteiger partial charge >= 0.3 is 0 Å². The van der Waals surface area contributed by atoms with E-state index < -0.39 is 30.5 Å². The second-order valence-corrected chi connectivity index (χ2v) is 12.2. The summed E-state index contributed by atoms with van der Waals surface area (Å²) in [6.45, 7) is 6.56. The lowest BCUT2D eigenvalue weighted by molar-refractivity contribution is 0.586. The van der Waals surface area contributed by atoms with Gasteiger partial charge in [-0.05, 0) is 34.1 Å². The highest BCUT2D eigenvalue weighted by molar-refractivity contribution is 7.93. The van der Waals surface area contributed by atoms with Crippen molar-refractivity contribution in [2.45, 2.75) is 51.0 Å². The summed E-state index contributed by atoms with van der Waals surface area (Å²) in [6, 6.07) is 0. The highest BCUT2D eigenvalue weighted by Gasteiger charge is 2.22. The standard InChI is InChI=1S/C14H22N6O4S4/c1-9(2)27(21,22)20-14-17-12(18-26-14)6-5-10(3)7-11(4)28(23,24)19-13-15-8-16-25-13/h5,8-9,11H,6-7H2,1-4H3,(H,15,16,19)(H,17,18,20)/b10-5+. The summed E-state index contributed by atoms with van der Waals surface area (Å²) < 4.78 is 62.3. The number of aromatic amines is 1. The van der Waals surface area contributed by atoms with E-state index in [1.54, 1.807) is 20.8 Å². The van der Waals surface area contributed by atoms with Gasteiger partial charge in [0, 0.05) is 29.5 Å². The van der Waals surface area contributed by atoms with Crippen molar-refractivity contribution in [3.63, 3.8) is 0 Å². The van der Waals surface area contributed by atoms with Gasteiger partial charge in [-0.25, -0.2) is 21.8 Å². The number of rotatable bonds is 9. The van der Waals surface area contributed by atoms with Crippen LogP contribution >= 0.6 is 23.1 Å². The van der Waals surface area contributed by atoms with Crippen LogP contribution in [0.25, 0.3) is 0 Å². The van der Waals surface area contributed by atoms with Crippen LogP contribution in [0.3, 0.4) is 0 Å². The van der Waals surface area contributed by atoms with Crippen LogP contribution in [0, 0.1) is 0 Å². The molecule has 14 heteroatoms. The first-order valence-electron chi connectivity index (χ1n) is 8.28. The fourth-order valence-electron chi connectivity index (χ4n) is 1.97. The largest absolute Gasteiger partial charge is 0.317 e. The summed E-state index contributed by atoms with van der Waals surface area (Å²) >= 11 is 1.94. The first-order valence-corrected chi connectivity index (χ1v) is 12.9. The van der Waals surface area contributed by atoms with Crippen molar-refractivity contribution in [2.75, 3.05) is 4.72 Å². The average molecular weight is 467 g/mol. The Morgan fingerprint density at radius 3 is 2.61 bits per heavy atom. The minimum atomic E-state index is -3.57. The molecule has 0 aliphatic carbocycles. The molecule has 0 aliphatic heterocycles. The Bertz CT molecular complexity index is 1080. The number of nitrogens with one attached hydrogen (secondary N) is 2. The maximum absolute atomic E-state index is 12.3. The van der Waals surface area contributed by atoms with E-state index in [1.165, 1.54) is 6.33 Å². The number of nitrogens with zero attached hydrogens (tertiary/aromatic N) is 4. The highest BCUT2D eigenvalue weighted by atomic mass is 32.2. The van der Waals surface area contributed by atoms with Gasteiger partial charge in [0.15, 0.2) is 0 Å². The molecule has 0 saturated carbocycles. The Balaban J connectivity index is 2.00. The molecule has 2 aromatic rings. The molecule has 28 heavy (non-hydrogen) atoms. The molecule has 156 valence electrons. The van der Waals surface area contributed by atoms with Gasteiger partial charge in [0.1, 0.15) is 12.2 Å². The topological polar surface area (TPSA) is 147 Å². The van der Waals surface area contributed by atoms with Gasteiger partial charge in [-0.3, -0.25) is 4.72 Å². The van der Waals surface area contributed by atoms with E-state index in [4.69, 9.17) is 0 Å². The molecule has 0 spiro atoms. The molecule has 2 rings (SSSR count). The van der Waals surface area contributed by atoms with Crippen LogP contribution in [0.5, 0.6) is 0 Å². The first kappa shape index (κ1) is 22.6. The van der Waals surface area contributed by atoms with Crippen LogP contribution in [0.15, 0.2) is 22.4 Å². The third kappa shape index (κ3) is 6.46. The van der Waals surface area contributed by atoms with Gasteiger partial charge in [0.05, 0.1) is 10.5 Å². The van der Waals surface area contributed by atoms with E-state index in [-0.39, 0.29) is 9.93 Å². The van der Waals surface area contributed by atoms with Crippen molar-refractivity contribution in [2.24, 2.45) is 4.40 Å². The van der Waals surface area contributed by atoms with Gasteiger partial charge in [-0.2, -0.15) is 8.75 Å². The van der Waals surface area contributed by atoms with E-state index in [1.807, 2.05) is 13.0 Å². The molecule has 0 radical (unpaired) electrons. The Hall–Kier alpha value is -1.64.